The number of carbonyl (C=O) groups is 3. The van der Waals surface area contributed by atoms with Crippen LogP contribution in [0.5, 0.6) is 5.88 Å². The van der Waals surface area contributed by atoms with Gasteiger partial charge in [-0.2, -0.15) is 18.2 Å². The van der Waals surface area contributed by atoms with E-state index in [1.54, 1.807) is 34.3 Å². The van der Waals surface area contributed by atoms with Gasteiger partial charge in [0, 0.05) is 66.2 Å². The summed E-state index contributed by atoms with van der Waals surface area (Å²) in [5.74, 6) is -0.672. The molecule has 1 saturated heterocycles. The molecule has 0 radical (unpaired) electrons. The van der Waals surface area contributed by atoms with Gasteiger partial charge < -0.3 is 19.3 Å². The summed E-state index contributed by atoms with van der Waals surface area (Å²) in [6.07, 6.45) is 2.35. The number of amides is 2. The summed E-state index contributed by atoms with van der Waals surface area (Å²) in [4.78, 5) is 58.8. The highest BCUT2D eigenvalue weighted by Gasteiger charge is 2.61. The summed E-state index contributed by atoms with van der Waals surface area (Å²) in [6, 6.07) is 2.47. The second-order valence-corrected chi connectivity index (χ2v) is 15.3. The first-order valence-corrected chi connectivity index (χ1v) is 17.9. The fraction of sp³-hybridized carbons (Fsp3) is 0.529. The van der Waals surface area contributed by atoms with Crippen LogP contribution >= 0.6 is 22.7 Å². The molecule has 0 aromatic carbocycles. The van der Waals surface area contributed by atoms with Gasteiger partial charge in [0.05, 0.1) is 24.3 Å². The number of aromatic nitrogens is 3. The molecule has 262 valence electrons. The minimum absolute atomic E-state index is 0.00515. The smallest absolute Gasteiger partial charge is 0.434 e. The maximum absolute atomic E-state index is 14.1. The summed E-state index contributed by atoms with van der Waals surface area (Å²) >= 11 is 2.36. The van der Waals surface area contributed by atoms with Crippen molar-refractivity contribution >= 4 is 40.5 Å². The number of Topliss-reactive ketones (excluding diaryl/α,β-unsaturated/α-hetero) is 1. The molecule has 0 bridgehead atoms. The predicted molar refractivity (Wildman–Crippen MR) is 178 cm³/mol. The summed E-state index contributed by atoms with van der Waals surface area (Å²) in [5, 5.41) is 0.921. The predicted octanol–water partition coefficient (Wildman–Crippen LogP) is 7.11. The third-order valence-electron chi connectivity index (χ3n) is 9.49. The average Bonchev–Trinajstić information content (AvgIpc) is 3.34. The van der Waals surface area contributed by atoms with Crippen molar-refractivity contribution in [1.29, 1.82) is 0 Å². The quantitative estimate of drug-likeness (QED) is 0.203. The maximum Gasteiger partial charge on any atom is 0.434 e. The van der Waals surface area contributed by atoms with Crippen LogP contribution in [0.2, 0.25) is 0 Å². The van der Waals surface area contributed by atoms with E-state index in [1.807, 2.05) is 32.1 Å². The van der Waals surface area contributed by atoms with E-state index in [-0.39, 0.29) is 53.8 Å². The maximum atomic E-state index is 14.1. The van der Waals surface area contributed by atoms with E-state index < -0.39 is 35.4 Å². The van der Waals surface area contributed by atoms with Crippen molar-refractivity contribution < 1.29 is 37.0 Å². The normalized spacial score (nSPS) is 25.7. The minimum atomic E-state index is -4.62. The van der Waals surface area contributed by atoms with Crippen molar-refractivity contribution in [2.45, 2.75) is 77.1 Å². The highest BCUT2D eigenvalue weighted by atomic mass is 32.1. The zero-order chi connectivity index (χ0) is 35.1. The van der Waals surface area contributed by atoms with Crippen molar-refractivity contribution in [3.8, 4) is 28.0 Å². The summed E-state index contributed by atoms with van der Waals surface area (Å²) in [7, 11) is 3.04. The van der Waals surface area contributed by atoms with Gasteiger partial charge in [-0.1, -0.05) is 12.2 Å². The summed E-state index contributed by atoms with van der Waals surface area (Å²) in [6.45, 7) is 4.66. The van der Waals surface area contributed by atoms with Crippen LogP contribution < -0.4 is 4.74 Å². The number of ketones is 1. The number of hydrogen-bond acceptors (Lipinski definition) is 10. The number of esters is 1. The number of rotatable bonds is 5. The molecular formula is C34H38F3N5O5S2. The number of alkyl halides is 3. The van der Waals surface area contributed by atoms with Gasteiger partial charge in [0.25, 0.3) is 0 Å². The summed E-state index contributed by atoms with van der Waals surface area (Å²) < 4.78 is 51.8. The van der Waals surface area contributed by atoms with Crippen LogP contribution in [0.3, 0.4) is 0 Å². The number of thiazole rings is 1. The SMILES string of the molecule is COC(=O)[C@]12CC(=O)[C@@H]3C[C@@H](Oc4cc(-c5cc(C)sc5C)nc(-c5nc(C(F)(F)F)cs5)n4)CCN3C(=O)N(C)CCCC/C=C\[C@@H]1C2. The van der Waals surface area contributed by atoms with Gasteiger partial charge in [-0.15, -0.1) is 22.7 Å². The highest BCUT2D eigenvalue weighted by Crippen LogP contribution is 2.57. The lowest BCUT2D eigenvalue weighted by molar-refractivity contribution is -0.150. The number of halogens is 3. The van der Waals surface area contributed by atoms with Gasteiger partial charge in [0.1, 0.15) is 6.10 Å². The first-order chi connectivity index (χ1) is 23.3. The van der Waals surface area contributed by atoms with Crippen LogP contribution in [0.1, 0.15) is 60.4 Å². The van der Waals surface area contributed by atoms with Crippen LogP contribution in [-0.4, -0.2) is 81.9 Å². The first-order valence-electron chi connectivity index (χ1n) is 16.2. The van der Waals surface area contributed by atoms with Crippen molar-refractivity contribution in [2.24, 2.45) is 11.3 Å². The van der Waals surface area contributed by atoms with Crippen LogP contribution in [0.25, 0.3) is 22.1 Å². The second kappa shape index (κ2) is 13.8. The van der Waals surface area contributed by atoms with Gasteiger partial charge in [0.15, 0.2) is 22.3 Å². The van der Waals surface area contributed by atoms with Gasteiger partial charge in [-0.3, -0.25) is 9.59 Å². The molecular weight excluding hydrogens is 680 g/mol. The second-order valence-electron chi connectivity index (χ2n) is 13.0. The molecule has 0 N–H and O–H groups in total. The number of carbonyl (C=O) groups excluding carboxylic acids is 3. The molecule has 1 aliphatic carbocycles. The molecule has 3 aromatic rings. The Morgan fingerprint density at radius 1 is 1.10 bits per heavy atom. The van der Waals surface area contributed by atoms with Crippen LogP contribution in [0, 0.1) is 25.2 Å². The van der Waals surface area contributed by atoms with Crippen LogP contribution in [-0.2, 0) is 20.5 Å². The van der Waals surface area contributed by atoms with Crippen molar-refractivity contribution in [3.63, 3.8) is 0 Å². The van der Waals surface area contributed by atoms with E-state index in [4.69, 9.17) is 9.47 Å². The Kier molecular flexibility index (Phi) is 9.86. The zero-order valence-corrected chi connectivity index (χ0v) is 29.3. The number of allylic oxidation sites excluding steroid dienone is 2. The van der Waals surface area contributed by atoms with E-state index >= 15 is 0 Å². The summed E-state index contributed by atoms with van der Waals surface area (Å²) in [5.41, 5.74) is -0.716. The number of ether oxygens (including phenoxy) is 2. The largest absolute Gasteiger partial charge is 0.474 e. The average molecular weight is 718 g/mol. The number of urea groups is 1. The Morgan fingerprint density at radius 3 is 2.59 bits per heavy atom. The van der Waals surface area contributed by atoms with Crippen molar-refractivity contribution in [3.05, 3.63) is 45.1 Å². The molecule has 1 saturated carbocycles. The lowest BCUT2D eigenvalue weighted by Gasteiger charge is -2.40. The van der Waals surface area contributed by atoms with Crippen LogP contribution in [0.4, 0.5) is 18.0 Å². The number of aryl methyl sites for hydroxylation is 2. The molecule has 5 heterocycles. The molecule has 4 atom stereocenters. The third-order valence-corrected chi connectivity index (χ3v) is 11.3. The number of hydrogen-bond donors (Lipinski definition) is 0. The molecule has 0 spiro atoms. The standard InChI is InChI=1S/C34H38F3N5O5S2/c1-19-13-23(20(2)49-19)24-15-28(40-29(38-24)30-39-27(18-48-30)34(35,36)37)47-22-10-12-42-25(14-22)26(43)17-33(31(44)46-4)16-21(33)9-7-5-6-8-11-41(3)32(42)45/h7,9,13,15,18,21-22,25H,5-6,8,10-12,14,16-17H2,1-4H3/b9-7-/t21-,22+,25+,33-/m1/s1. The number of fused-ring (bicyclic) bond motifs is 2. The fourth-order valence-corrected chi connectivity index (χ4v) is 8.46. The molecule has 49 heavy (non-hydrogen) atoms. The van der Waals surface area contributed by atoms with E-state index in [2.05, 4.69) is 15.0 Å². The van der Waals surface area contributed by atoms with E-state index in [9.17, 15) is 27.6 Å². The molecule has 2 amide bonds. The minimum Gasteiger partial charge on any atom is -0.474 e. The van der Waals surface area contributed by atoms with Gasteiger partial charge in [-0.25, -0.2) is 14.8 Å². The highest BCUT2D eigenvalue weighted by molar-refractivity contribution is 7.13. The van der Waals surface area contributed by atoms with Gasteiger partial charge in [-0.05, 0) is 51.5 Å². The number of nitrogens with zero attached hydrogens (tertiary/aromatic N) is 5. The Balaban J connectivity index is 1.31. The molecule has 2 aliphatic heterocycles. The Hall–Kier alpha value is -3.85. The Morgan fingerprint density at radius 2 is 1.90 bits per heavy atom. The van der Waals surface area contributed by atoms with E-state index in [1.165, 1.54) is 7.11 Å². The molecule has 3 aliphatic rings. The van der Waals surface area contributed by atoms with E-state index in [0.717, 1.165) is 51.3 Å². The lowest BCUT2D eigenvalue weighted by Crippen LogP contribution is -2.56. The monoisotopic (exact) mass is 717 g/mol. The lowest BCUT2D eigenvalue weighted by atomic mass is 9.88. The number of piperidine rings is 1. The third kappa shape index (κ3) is 7.37. The number of thiophene rings is 1. The Labute approximate surface area is 290 Å². The molecule has 0 unspecified atom stereocenters. The van der Waals surface area contributed by atoms with E-state index in [0.29, 0.717) is 25.1 Å². The molecule has 6 rings (SSSR count). The Bertz CT molecular complexity index is 1770. The molecule has 10 nitrogen and oxygen atoms in total. The molecule has 2 fully saturated rings. The number of methoxy groups -OCH3 is 1. The van der Waals surface area contributed by atoms with Gasteiger partial charge >= 0.3 is 18.2 Å². The molecule has 3 aromatic heterocycles. The fourth-order valence-electron chi connectivity index (χ4n) is 6.77. The first kappa shape index (κ1) is 35.0. The topological polar surface area (TPSA) is 115 Å². The van der Waals surface area contributed by atoms with Crippen LogP contribution in [0.15, 0.2) is 29.7 Å². The molecule has 15 heteroatoms. The van der Waals surface area contributed by atoms with Crippen molar-refractivity contribution in [1.82, 2.24) is 24.8 Å². The zero-order valence-electron chi connectivity index (χ0n) is 27.7. The van der Waals surface area contributed by atoms with Gasteiger partial charge in [0.2, 0.25) is 5.88 Å². The van der Waals surface area contributed by atoms with Crippen molar-refractivity contribution in [2.75, 3.05) is 27.2 Å².